The van der Waals surface area contributed by atoms with E-state index in [0.717, 1.165) is 56.2 Å². The highest BCUT2D eigenvalue weighted by Crippen LogP contribution is 2.36. The molecule has 0 aliphatic rings. The number of nitrogens with zero attached hydrogens (tertiary/aromatic N) is 1. The van der Waals surface area contributed by atoms with Crippen LogP contribution in [0.5, 0.6) is 11.5 Å². The van der Waals surface area contributed by atoms with Crippen molar-refractivity contribution in [3.8, 4) is 22.6 Å². The zero-order valence-corrected chi connectivity index (χ0v) is 28.4. The SMILES string of the molecule is COc1ccc(C(=Cc2ccc(-c3ccc(N(c4ccccc4)c4ccccc4)cc3)cc2)c2ccc(OC(=O)OCCOC(C)=O)cc2)cc1. The molecule has 0 unspecified atom stereocenters. The van der Waals surface area contributed by atoms with Gasteiger partial charge in [0.1, 0.15) is 24.7 Å². The lowest BCUT2D eigenvalue weighted by Gasteiger charge is -2.25. The maximum absolute atomic E-state index is 12.1. The van der Waals surface area contributed by atoms with Gasteiger partial charge in [-0.2, -0.15) is 0 Å². The summed E-state index contributed by atoms with van der Waals surface area (Å²) in [5, 5.41) is 0. The minimum atomic E-state index is -0.875. The number of hydrogen-bond acceptors (Lipinski definition) is 7. The topological polar surface area (TPSA) is 74.3 Å². The largest absolute Gasteiger partial charge is 0.513 e. The second-order valence-electron chi connectivity index (χ2n) is 11.5. The molecule has 0 aliphatic heterocycles. The first-order valence-corrected chi connectivity index (χ1v) is 16.5. The summed E-state index contributed by atoms with van der Waals surface area (Å²) in [6.07, 6.45) is 1.26. The summed E-state index contributed by atoms with van der Waals surface area (Å²) >= 11 is 0. The molecular weight excluding hydrogens is 638 g/mol. The van der Waals surface area contributed by atoms with Gasteiger partial charge in [-0.05, 0) is 100 Å². The van der Waals surface area contributed by atoms with Crippen molar-refractivity contribution in [2.45, 2.75) is 6.92 Å². The summed E-state index contributed by atoms with van der Waals surface area (Å²) in [5.41, 5.74) is 9.42. The van der Waals surface area contributed by atoms with Gasteiger partial charge >= 0.3 is 12.1 Å². The molecule has 0 radical (unpaired) electrons. The van der Waals surface area contributed by atoms with Crippen molar-refractivity contribution in [3.63, 3.8) is 0 Å². The molecular formula is C44H37NO6. The summed E-state index contributed by atoms with van der Waals surface area (Å²) in [6, 6.07) is 52.9. The van der Waals surface area contributed by atoms with Crippen LogP contribution in [0.1, 0.15) is 23.6 Å². The lowest BCUT2D eigenvalue weighted by Crippen LogP contribution is -2.15. The number of benzene rings is 6. The van der Waals surface area contributed by atoms with Crippen molar-refractivity contribution in [3.05, 3.63) is 174 Å². The lowest BCUT2D eigenvalue weighted by atomic mass is 9.95. The molecule has 0 saturated carbocycles. The number of ether oxygens (including phenoxy) is 4. The minimum absolute atomic E-state index is 0.0328. The molecule has 254 valence electrons. The van der Waals surface area contributed by atoms with E-state index in [0.29, 0.717) is 5.75 Å². The van der Waals surface area contributed by atoms with Crippen LogP contribution in [-0.4, -0.2) is 32.4 Å². The van der Waals surface area contributed by atoms with Gasteiger partial charge in [0.15, 0.2) is 0 Å². The Hall–Kier alpha value is -6.60. The first-order valence-electron chi connectivity index (χ1n) is 16.5. The fourth-order valence-corrected chi connectivity index (χ4v) is 5.59. The van der Waals surface area contributed by atoms with Gasteiger partial charge in [0.05, 0.1) is 7.11 Å². The number of carbonyl (C=O) groups excluding carboxylic acids is 2. The molecule has 51 heavy (non-hydrogen) atoms. The van der Waals surface area contributed by atoms with Crippen molar-refractivity contribution in [2.24, 2.45) is 0 Å². The van der Waals surface area contributed by atoms with Crippen LogP contribution in [0.15, 0.2) is 158 Å². The monoisotopic (exact) mass is 675 g/mol. The van der Waals surface area contributed by atoms with Gasteiger partial charge in [-0.15, -0.1) is 0 Å². The van der Waals surface area contributed by atoms with Crippen molar-refractivity contribution >= 4 is 40.8 Å². The fourth-order valence-electron chi connectivity index (χ4n) is 5.59. The third kappa shape index (κ3) is 9.10. The van der Waals surface area contributed by atoms with Crippen LogP contribution < -0.4 is 14.4 Å². The van der Waals surface area contributed by atoms with Gasteiger partial charge in [-0.1, -0.05) is 97.1 Å². The van der Waals surface area contributed by atoms with E-state index in [1.165, 1.54) is 6.92 Å². The normalized spacial score (nSPS) is 11.0. The highest BCUT2D eigenvalue weighted by atomic mass is 16.7. The predicted octanol–water partition coefficient (Wildman–Crippen LogP) is 10.5. The molecule has 0 bridgehead atoms. The van der Waals surface area contributed by atoms with Crippen LogP contribution in [0.25, 0.3) is 22.8 Å². The van der Waals surface area contributed by atoms with E-state index in [1.807, 2.05) is 48.5 Å². The van der Waals surface area contributed by atoms with Crippen LogP contribution in [0.2, 0.25) is 0 Å². The zero-order valence-electron chi connectivity index (χ0n) is 28.4. The van der Waals surface area contributed by atoms with Crippen LogP contribution >= 0.6 is 0 Å². The molecule has 0 N–H and O–H groups in total. The summed E-state index contributed by atoms with van der Waals surface area (Å²) < 4.78 is 20.4. The molecule has 0 heterocycles. The quantitative estimate of drug-likeness (QED) is 0.0553. The Morgan fingerprint density at radius 1 is 0.549 bits per heavy atom. The number of rotatable bonds is 12. The van der Waals surface area contributed by atoms with Crippen molar-refractivity contribution in [1.29, 1.82) is 0 Å². The number of methoxy groups -OCH3 is 1. The average molecular weight is 676 g/mol. The Morgan fingerprint density at radius 2 is 1.02 bits per heavy atom. The Labute approximate surface area is 297 Å². The van der Waals surface area contributed by atoms with E-state index >= 15 is 0 Å². The molecule has 0 spiro atoms. The predicted molar refractivity (Wildman–Crippen MR) is 202 cm³/mol. The van der Waals surface area contributed by atoms with Crippen LogP contribution in [0.3, 0.4) is 0 Å². The molecule has 0 amide bonds. The van der Waals surface area contributed by atoms with Gasteiger partial charge < -0.3 is 23.8 Å². The van der Waals surface area contributed by atoms with E-state index in [4.69, 9.17) is 18.9 Å². The molecule has 0 atom stereocenters. The molecule has 7 nitrogen and oxygen atoms in total. The van der Waals surface area contributed by atoms with Crippen LogP contribution in [0.4, 0.5) is 21.9 Å². The Kier molecular flexibility index (Phi) is 11.2. The molecule has 6 aromatic rings. The molecule has 6 aromatic carbocycles. The van der Waals surface area contributed by atoms with Crippen molar-refractivity contribution in [1.82, 2.24) is 0 Å². The zero-order chi connectivity index (χ0) is 35.4. The average Bonchev–Trinajstić information content (AvgIpc) is 3.17. The minimum Gasteiger partial charge on any atom is -0.497 e. The highest BCUT2D eigenvalue weighted by Gasteiger charge is 2.13. The van der Waals surface area contributed by atoms with Crippen molar-refractivity contribution < 1.29 is 28.5 Å². The van der Waals surface area contributed by atoms with E-state index in [9.17, 15) is 9.59 Å². The number of esters is 1. The Balaban J connectivity index is 1.22. The smallest absolute Gasteiger partial charge is 0.497 e. The van der Waals surface area contributed by atoms with Crippen molar-refractivity contribution in [2.75, 3.05) is 25.2 Å². The van der Waals surface area contributed by atoms with E-state index in [2.05, 4.69) is 108 Å². The molecule has 0 aromatic heterocycles. The van der Waals surface area contributed by atoms with Crippen LogP contribution in [0, 0.1) is 0 Å². The maximum atomic E-state index is 12.1. The summed E-state index contributed by atoms with van der Waals surface area (Å²) in [4.78, 5) is 25.2. The van der Waals surface area contributed by atoms with E-state index in [1.54, 1.807) is 19.2 Å². The standard InChI is InChI=1S/C44H37NO6/c1-32(46)49-29-30-50-44(47)51-42-27-21-37(22-28-42)43(36-19-25-41(48-2)26-20-36)31-33-13-15-34(16-14-33)35-17-23-40(24-18-35)45(38-9-5-3-6-10-38)39-11-7-4-8-12-39/h3-28,31H,29-30H2,1-2H3. The highest BCUT2D eigenvalue weighted by molar-refractivity contribution is 5.92. The molecule has 0 saturated heterocycles. The van der Waals surface area contributed by atoms with Crippen LogP contribution in [-0.2, 0) is 14.3 Å². The maximum Gasteiger partial charge on any atom is 0.513 e. The second-order valence-corrected chi connectivity index (χ2v) is 11.5. The number of carbonyl (C=O) groups is 2. The van der Waals surface area contributed by atoms with Gasteiger partial charge in [-0.3, -0.25) is 4.79 Å². The Bertz CT molecular complexity index is 2020. The van der Waals surface area contributed by atoms with Gasteiger partial charge in [0.2, 0.25) is 0 Å². The third-order valence-electron chi connectivity index (χ3n) is 8.09. The Morgan fingerprint density at radius 3 is 1.53 bits per heavy atom. The summed E-state index contributed by atoms with van der Waals surface area (Å²) in [5.74, 6) is 0.649. The molecule has 0 fully saturated rings. The molecule has 6 rings (SSSR count). The summed E-state index contributed by atoms with van der Waals surface area (Å²) in [7, 11) is 1.64. The van der Waals surface area contributed by atoms with Gasteiger partial charge in [0.25, 0.3) is 0 Å². The third-order valence-corrected chi connectivity index (χ3v) is 8.09. The van der Waals surface area contributed by atoms with E-state index in [-0.39, 0.29) is 13.2 Å². The van der Waals surface area contributed by atoms with E-state index < -0.39 is 12.1 Å². The number of anilines is 3. The van der Waals surface area contributed by atoms with Gasteiger partial charge in [0, 0.05) is 24.0 Å². The lowest BCUT2D eigenvalue weighted by molar-refractivity contribution is -0.142. The van der Waals surface area contributed by atoms with Gasteiger partial charge in [-0.25, -0.2) is 4.79 Å². The molecule has 0 aliphatic carbocycles. The molecule has 7 heteroatoms. The summed E-state index contributed by atoms with van der Waals surface area (Å²) in [6.45, 7) is 1.16. The fraction of sp³-hybridized carbons (Fsp3) is 0.0909. The first-order chi connectivity index (χ1) is 25.0. The number of para-hydroxylation sites is 2. The second kappa shape index (κ2) is 16.7. The first kappa shape index (κ1) is 34.3. The number of hydrogen-bond donors (Lipinski definition) is 0.